The standard InChI is InChI=1S/C12H17BrN2/c13-8-11-4-3-7-15(9-11)10-12-5-1-2-6-14-12/h1-2,5-6,11H,3-4,7-10H2. The summed E-state index contributed by atoms with van der Waals surface area (Å²) in [6.45, 7) is 3.44. The van der Waals surface area contributed by atoms with Crippen molar-refractivity contribution in [1.82, 2.24) is 9.88 Å². The summed E-state index contributed by atoms with van der Waals surface area (Å²) in [5, 5.41) is 1.13. The molecule has 1 aliphatic rings. The SMILES string of the molecule is BrCC1CCCN(Cc2ccccn2)C1. The number of hydrogen-bond donors (Lipinski definition) is 0. The van der Waals surface area contributed by atoms with E-state index in [0.29, 0.717) is 0 Å². The van der Waals surface area contributed by atoms with E-state index in [-0.39, 0.29) is 0 Å². The first-order valence-corrected chi connectivity index (χ1v) is 6.69. The monoisotopic (exact) mass is 268 g/mol. The van der Waals surface area contributed by atoms with Crippen molar-refractivity contribution in [3.8, 4) is 0 Å². The van der Waals surface area contributed by atoms with Crippen LogP contribution in [0.25, 0.3) is 0 Å². The first-order chi connectivity index (χ1) is 7.38. The van der Waals surface area contributed by atoms with E-state index in [1.807, 2.05) is 12.3 Å². The Morgan fingerprint density at radius 2 is 2.40 bits per heavy atom. The molecule has 1 aliphatic heterocycles. The van der Waals surface area contributed by atoms with Crippen LogP contribution in [0, 0.1) is 5.92 Å². The van der Waals surface area contributed by atoms with E-state index in [1.54, 1.807) is 0 Å². The molecule has 3 heteroatoms. The molecule has 0 saturated carbocycles. The molecule has 0 aromatic carbocycles. The van der Waals surface area contributed by atoms with Gasteiger partial charge in [-0.1, -0.05) is 22.0 Å². The highest BCUT2D eigenvalue weighted by atomic mass is 79.9. The van der Waals surface area contributed by atoms with E-state index in [9.17, 15) is 0 Å². The summed E-state index contributed by atoms with van der Waals surface area (Å²) in [7, 11) is 0. The van der Waals surface area contributed by atoms with Crippen molar-refractivity contribution in [3.05, 3.63) is 30.1 Å². The van der Waals surface area contributed by atoms with Gasteiger partial charge in [-0.05, 0) is 37.4 Å². The summed E-state index contributed by atoms with van der Waals surface area (Å²) < 4.78 is 0. The van der Waals surface area contributed by atoms with Crippen LogP contribution in [-0.2, 0) is 6.54 Å². The third-order valence-corrected chi connectivity index (χ3v) is 3.85. The Hall–Kier alpha value is -0.410. The lowest BCUT2D eigenvalue weighted by Crippen LogP contribution is -2.35. The van der Waals surface area contributed by atoms with E-state index in [1.165, 1.54) is 31.6 Å². The van der Waals surface area contributed by atoms with Gasteiger partial charge in [-0.3, -0.25) is 9.88 Å². The molecule has 82 valence electrons. The first kappa shape index (κ1) is 11.1. The number of rotatable bonds is 3. The zero-order valence-corrected chi connectivity index (χ0v) is 10.5. The zero-order chi connectivity index (χ0) is 10.5. The number of pyridine rings is 1. The Morgan fingerprint density at radius 1 is 1.47 bits per heavy atom. The minimum Gasteiger partial charge on any atom is -0.297 e. The Morgan fingerprint density at radius 3 is 3.13 bits per heavy atom. The molecule has 1 unspecified atom stereocenters. The normalized spacial score (nSPS) is 22.9. The summed E-state index contributed by atoms with van der Waals surface area (Å²) in [6.07, 6.45) is 4.56. The van der Waals surface area contributed by atoms with Crippen molar-refractivity contribution >= 4 is 15.9 Å². The van der Waals surface area contributed by atoms with E-state index in [2.05, 4.69) is 37.9 Å². The summed E-state index contributed by atoms with van der Waals surface area (Å²) in [4.78, 5) is 6.88. The van der Waals surface area contributed by atoms with Gasteiger partial charge in [0.2, 0.25) is 0 Å². The second-order valence-corrected chi connectivity index (χ2v) is 4.87. The van der Waals surface area contributed by atoms with Crippen molar-refractivity contribution in [2.75, 3.05) is 18.4 Å². The molecule has 1 aromatic rings. The molecule has 2 heterocycles. The average molecular weight is 269 g/mol. The summed E-state index contributed by atoms with van der Waals surface area (Å²) in [5.41, 5.74) is 1.19. The highest BCUT2D eigenvalue weighted by molar-refractivity contribution is 9.09. The van der Waals surface area contributed by atoms with Crippen LogP contribution in [0.15, 0.2) is 24.4 Å². The van der Waals surface area contributed by atoms with Gasteiger partial charge in [0.1, 0.15) is 0 Å². The Balaban J connectivity index is 1.89. The maximum Gasteiger partial charge on any atom is 0.0543 e. The van der Waals surface area contributed by atoms with Gasteiger partial charge in [0.05, 0.1) is 5.69 Å². The molecular formula is C12H17BrN2. The molecule has 15 heavy (non-hydrogen) atoms. The van der Waals surface area contributed by atoms with Crippen LogP contribution >= 0.6 is 15.9 Å². The molecule has 0 bridgehead atoms. The lowest BCUT2D eigenvalue weighted by molar-refractivity contribution is 0.177. The van der Waals surface area contributed by atoms with Crippen molar-refractivity contribution in [1.29, 1.82) is 0 Å². The minimum atomic E-state index is 0.822. The Bertz CT molecular complexity index is 289. The number of halogens is 1. The number of alkyl halides is 1. The molecule has 1 saturated heterocycles. The number of likely N-dealkylation sites (tertiary alicyclic amines) is 1. The average Bonchev–Trinajstić information content (AvgIpc) is 2.31. The van der Waals surface area contributed by atoms with Crippen LogP contribution in [0.4, 0.5) is 0 Å². The zero-order valence-electron chi connectivity index (χ0n) is 8.90. The first-order valence-electron chi connectivity index (χ1n) is 5.56. The van der Waals surface area contributed by atoms with Gasteiger partial charge in [0.25, 0.3) is 0 Å². The summed E-state index contributed by atoms with van der Waals surface area (Å²) >= 11 is 3.58. The van der Waals surface area contributed by atoms with Crippen molar-refractivity contribution < 1.29 is 0 Å². The molecule has 1 fully saturated rings. The smallest absolute Gasteiger partial charge is 0.0543 e. The maximum atomic E-state index is 4.37. The highest BCUT2D eigenvalue weighted by Crippen LogP contribution is 2.19. The van der Waals surface area contributed by atoms with E-state index >= 15 is 0 Å². The lowest BCUT2D eigenvalue weighted by atomic mass is 10.0. The van der Waals surface area contributed by atoms with Crippen LogP contribution in [0.3, 0.4) is 0 Å². The number of nitrogens with zero attached hydrogens (tertiary/aromatic N) is 2. The fraction of sp³-hybridized carbons (Fsp3) is 0.583. The molecule has 0 N–H and O–H groups in total. The van der Waals surface area contributed by atoms with E-state index in [4.69, 9.17) is 0 Å². The molecule has 0 spiro atoms. The van der Waals surface area contributed by atoms with E-state index in [0.717, 1.165) is 17.8 Å². The summed E-state index contributed by atoms with van der Waals surface area (Å²) in [5.74, 6) is 0.822. The second kappa shape index (κ2) is 5.61. The maximum absolute atomic E-state index is 4.37. The molecule has 2 nitrogen and oxygen atoms in total. The van der Waals surface area contributed by atoms with Crippen molar-refractivity contribution in [2.24, 2.45) is 5.92 Å². The second-order valence-electron chi connectivity index (χ2n) is 4.22. The third kappa shape index (κ3) is 3.28. The van der Waals surface area contributed by atoms with Gasteiger partial charge in [-0.25, -0.2) is 0 Å². The highest BCUT2D eigenvalue weighted by Gasteiger charge is 2.18. The van der Waals surface area contributed by atoms with Crippen LogP contribution in [-0.4, -0.2) is 28.3 Å². The van der Waals surface area contributed by atoms with Gasteiger partial charge >= 0.3 is 0 Å². The van der Waals surface area contributed by atoms with Crippen LogP contribution in [0.5, 0.6) is 0 Å². The lowest BCUT2D eigenvalue weighted by Gasteiger charge is -2.31. The predicted molar refractivity (Wildman–Crippen MR) is 66.0 cm³/mol. The summed E-state index contributed by atoms with van der Waals surface area (Å²) in [6, 6.07) is 6.15. The fourth-order valence-electron chi connectivity index (χ4n) is 2.14. The molecule has 1 aromatic heterocycles. The number of piperidine rings is 1. The van der Waals surface area contributed by atoms with E-state index < -0.39 is 0 Å². The van der Waals surface area contributed by atoms with Gasteiger partial charge in [-0.2, -0.15) is 0 Å². The van der Waals surface area contributed by atoms with Crippen molar-refractivity contribution in [3.63, 3.8) is 0 Å². The Kier molecular flexibility index (Phi) is 4.15. The quantitative estimate of drug-likeness (QED) is 0.784. The van der Waals surface area contributed by atoms with Gasteiger partial charge in [0.15, 0.2) is 0 Å². The topological polar surface area (TPSA) is 16.1 Å². The fourth-order valence-corrected chi connectivity index (χ4v) is 2.67. The largest absolute Gasteiger partial charge is 0.297 e. The van der Waals surface area contributed by atoms with Crippen LogP contribution in [0.1, 0.15) is 18.5 Å². The minimum absolute atomic E-state index is 0.822. The van der Waals surface area contributed by atoms with Gasteiger partial charge < -0.3 is 0 Å². The molecule has 0 radical (unpaired) electrons. The van der Waals surface area contributed by atoms with Crippen LogP contribution < -0.4 is 0 Å². The third-order valence-electron chi connectivity index (χ3n) is 2.93. The van der Waals surface area contributed by atoms with Crippen molar-refractivity contribution in [2.45, 2.75) is 19.4 Å². The molecule has 0 aliphatic carbocycles. The Labute approximate surface area is 99.8 Å². The molecular weight excluding hydrogens is 252 g/mol. The van der Waals surface area contributed by atoms with Gasteiger partial charge in [-0.15, -0.1) is 0 Å². The van der Waals surface area contributed by atoms with Gasteiger partial charge in [0, 0.05) is 24.6 Å². The number of aromatic nitrogens is 1. The predicted octanol–water partition coefficient (Wildman–Crippen LogP) is 2.69. The number of hydrogen-bond acceptors (Lipinski definition) is 2. The molecule has 1 atom stereocenters. The molecule has 2 rings (SSSR count). The van der Waals surface area contributed by atoms with Crippen LogP contribution in [0.2, 0.25) is 0 Å². The molecule has 0 amide bonds.